The monoisotopic (exact) mass is 355 g/mol. The largest absolute Gasteiger partial charge is 0.378 e. The molecule has 1 saturated heterocycles. The van der Waals surface area contributed by atoms with Crippen molar-refractivity contribution in [2.45, 2.75) is 19.5 Å². The van der Waals surface area contributed by atoms with E-state index in [1.165, 1.54) is 11.3 Å². The van der Waals surface area contributed by atoms with Gasteiger partial charge >= 0.3 is 0 Å². The zero-order valence-electron chi connectivity index (χ0n) is 15.3. The van der Waals surface area contributed by atoms with Crippen LogP contribution in [0.15, 0.2) is 42.7 Å². The topological polar surface area (TPSA) is 70.6 Å². The van der Waals surface area contributed by atoms with E-state index in [1.807, 2.05) is 24.9 Å². The van der Waals surface area contributed by atoms with Crippen molar-refractivity contribution in [3.63, 3.8) is 0 Å². The maximum Gasteiger partial charge on any atom is 0.243 e. The number of anilines is 2. The van der Waals surface area contributed by atoms with E-state index in [9.17, 15) is 4.79 Å². The smallest absolute Gasteiger partial charge is 0.243 e. The number of ether oxygens (including phenoxy) is 1. The van der Waals surface area contributed by atoms with E-state index in [0.29, 0.717) is 12.5 Å². The van der Waals surface area contributed by atoms with Crippen LogP contribution in [0.3, 0.4) is 0 Å². The highest BCUT2D eigenvalue weighted by molar-refractivity contribution is 5.93. The van der Waals surface area contributed by atoms with Gasteiger partial charge in [0.2, 0.25) is 11.9 Å². The molecule has 2 heterocycles. The van der Waals surface area contributed by atoms with Gasteiger partial charge in [-0.1, -0.05) is 18.2 Å². The van der Waals surface area contributed by atoms with Crippen molar-refractivity contribution in [3.05, 3.63) is 48.3 Å². The van der Waals surface area contributed by atoms with Gasteiger partial charge in [0.25, 0.3) is 0 Å². The number of amides is 1. The van der Waals surface area contributed by atoms with Gasteiger partial charge in [-0.15, -0.1) is 0 Å². The van der Waals surface area contributed by atoms with Gasteiger partial charge < -0.3 is 9.64 Å². The molecular formula is C19H25N5O2. The summed E-state index contributed by atoms with van der Waals surface area (Å²) in [6.45, 7) is 5.84. The molecule has 7 nitrogen and oxygen atoms in total. The van der Waals surface area contributed by atoms with Gasteiger partial charge in [-0.2, -0.15) is 0 Å². The number of carbonyl (C=O) groups excluding carboxylic acids is 1. The van der Waals surface area contributed by atoms with Crippen LogP contribution in [-0.4, -0.2) is 60.2 Å². The summed E-state index contributed by atoms with van der Waals surface area (Å²) in [5, 5.41) is 2.76. The maximum atomic E-state index is 12.5. The number of carbonyl (C=O) groups is 1. The summed E-state index contributed by atoms with van der Waals surface area (Å²) in [5.74, 6) is 0.203. The predicted molar refractivity (Wildman–Crippen MR) is 101 cm³/mol. The Hall–Kier alpha value is -2.51. The quantitative estimate of drug-likeness (QED) is 0.852. The van der Waals surface area contributed by atoms with Gasteiger partial charge in [-0.05, 0) is 31.7 Å². The van der Waals surface area contributed by atoms with Crippen molar-refractivity contribution < 1.29 is 9.53 Å². The van der Waals surface area contributed by atoms with Gasteiger partial charge in [0.05, 0.1) is 19.3 Å². The number of aromatic nitrogens is 2. The Labute approximate surface area is 154 Å². The van der Waals surface area contributed by atoms with Gasteiger partial charge in [-0.3, -0.25) is 15.0 Å². The lowest BCUT2D eigenvalue weighted by atomic mass is 10.1. The second-order valence-corrected chi connectivity index (χ2v) is 6.38. The summed E-state index contributed by atoms with van der Waals surface area (Å²) < 4.78 is 5.45. The van der Waals surface area contributed by atoms with Crippen molar-refractivity contribution in [1.82, 2.24) is 14.9 Å². The minimum Gasteiger partial charge on any atom is -0.378 e. The van der Waals surface area contributed by atoms with Crippen molar-refractivity contribution >= 4 is 17.5 Å². The third-order valence-corrected chi connectivity index (χ3v) is 4.60. The Kier molecular flexibility index (Phi) is 6.14. The maximum absolute atomic E-state index is 12.5. The molecule has 1 amide bonds. The number of rotatable bonds is 6. The van der Waals surface area contributed by atoms with Crippen LogP contribution in [0.1, 0.15) is 12.5 Å². The van der Waals surface area contributed by atoms with Crippen molar-refractivity contribution in [1.29, 1.82) is 0 Å². The number of hydrogen-bond acceptors (Lipinski definition) is 6. The molecule has 0 saturated carbocycles. The molecule has 0 spiro atoms. The summed E-state index contributed by atoms with van der Waals surface area (Å²) in [6, 6.07) is 9.75. The van der Waals surface area contributed by atoms with Crippen LogP contribution in [0.5, 0.6) is 0 Å². The zero-order chi connectivity index (χ0) is 18.4. The average molecular weight is 355 g/mol. The molecule has 0 aliphatic carbocycles. The highest BCUT2D eigenvalue weighted by Gasteiger charge is 2.21. The predicted octanol–water partition coefficient (Wildman–Crippen LogP) is 1.77. The van der Waals surface area contributed by atoms with E-state index in [2.05, 4.69) is 38.4 Å². The Bertz CT molecular complexity index is 719. The number of likely N-dealkylation sites (N-methyl/N-ethyl adjacent to an activating group) is 1. The lowest BCUT2D eigenvalue weighted by molar-refractivity contribution is -0.120. The summed E-state index contributed by atoms with van der Waals surface area (Å²) in [5.41, 5.74) is 2.41. The fraction of sp³-hybridized carbons (Fsp3) is 0.421. The second-order valence-electron chi connectivity index (χ2n) is 6.38. The number of nitrogens with zero attached hydrogens (tertiary/aromatic N) is 4. The summed E-state index contributed by atoms with van der Waals surface area (Å²) in [6.07, 6.45) is 3.21. The van der Waals surface area contributed by atoms with Crippen LogP contribution in [0.4, 0.5) is 11.6 Å². The van der Waals surface area contributed by atoms with Crippen LogP contribution in [-0.2, 0) is 16.1 Å². The first kappa shape index (κ1) is 18.3. The molecule has 138 valence electrons. The van der Waals surface area contributed by atoms with Crippen molar-refractivity contribution in [2.24, 2.45) is 0 Å². The van der Waals surface area contributed by atoms with E-state index in [0.717, 1.165) is 26.3 Å². The molecule has 0 unspecified atom stereocenters. The highest BCUT2D eigenvalue weighted by atomic mass is 16.5. The molecule has 3 rings (SSSR count). The van der Waals surface area contributed by atoms with Gasteiger partial charge in [-0.25, -0.2) is 9.97 Å². The fourth-order valence-electron chi connectivity index (χ4n) is 2.94. The number of benzene rings is 1. The first-order valence-corrected chi connectivity index (χ1v) is 8.84. The summed E-state index contributed by atoms with van der Waals surface area (Å²) in [4.78, 5) is 24.9. The van der Waals surface area contributed by atoms with E-state index < -0.39 is 0 Å². The molecule has 0 radical (unpaired) electrons. The lowest BCUT2D eigenvalue weighted by Gasteiger charge is -2.32. The zero-order valence-corrected chi connectivity index (χ0v) is 15.3. The summed E-state index contributed by atoms with van der Waals surface area (Å²) in [7, 11) is 1.95. The Morgan fingerprint density at radius 3 is 2.65 bits per heavy atom. The van der Waals surface area contributed by atoms with Crippen LogP contribution < -0.4 is 10.2 Å². The van der Waals surface area contributed by atoms with Gasteiger partial charge in [0.15, 0.2) is 0 Å². The van der Waals surface area contributed by atoms with Gasteiger partial charge in [0, 0.05) is 37.7 Å². The SMILES string of the molecule is C[C@@H](C(=O)Nc1ncccn1)N(C)Cc1ccccc1N1CCOCC1. The standard InChI is InChI=1S/C19H25N5O2/c1-15(18(25)22-19-20-8-5-9-21-19)23(2)14-16-6-3-4-7-17(16)24-10-12-26-13-11-24/h3-9,15H,10-14H2,1-2H3,(H,20,21,22,25)/t15-/m0/s1. The molecule has 1 N–H and O–H groups in total. The molecule has 1 aliphatic heterocycles. The third kappa shape index (κ3) is 4.56. The molecule has 1 aliphatic rings. The van der Waals surface area contributed by atoms with E-state index in [1.54, 1.807) is 18.5 Å². The number of hydrogen-bond donors (Lipinski definition) is 1. The van der Waals surface area contributed by atoms with E-state index >= 15 is 0 Å². The molecule has 7 heteroatoms. The summed E-state index contributed by atoms with van der Waals surface area (Å²) >= 11 is 0. The van der Waals surface area contributed by atoms with Gasteiger partial charge in [0.1, 0.15) is 0 Å². The molecule has 1 fully saturated rings. The molecule has 0 bridgehead atoms. The third-order valence-electron chi connectivity index (χ3n) is 4.60. The highest BCUT2D eigenvalue weighted by Crippen LogP contribution is 2.23. The average Bonchev–Trinajstić information content (AvgIpc) is 2.69. The molecular weight excluding hydrogens is 330 g/mol. The fourth-order valence-corrected chi connectivity index (χ4v) is 2.94. The van der Waals surface area contributed by atoms with Crippen LogP contribution in [0, 0.1) is 0 Å². The lowest BCUT2D eigenvalue weighted by Crippen LogP contribution is -2.40. The van der Waals surface area contributed by atoms with Crippen molar-refractivity contribution in [2.75, 3.05) is 43.6 Å². The molecule has 1 atom stereocenters. The van der Waals surface area contributed by atoms with Crippen molar-refractivity contribution in [3.8, 4) is 0 Å². The van der Waals surface area contributed by atoms with Crippen LogP contribution in [0.2, 0.25) is 0 Å². The molecule has 1 aromatic carbocycles. The Morgan fingerprint density at radius 2 is 1.92 bits per heavy atom. The number of morpholine rings is 1. The first-order chi connectivity index (χ1) is 12.6. The van der Waals surface area contributed by atoms with E-state index in [4.69, 9.17) is 4.74 Å². The molecule has 1 aromatic heterocycles. The number of para-hydroxylation sites is 1. The van der Waals surface area contributed by atoms with E-state index in [-0.39, 0.29) is 11.9 Å². The number of nitrogens with one attached hydrogen (secondary N) is 1. The first-order valence-electron chi connectivity index (χ1n) is 8.84. The minimum absolute atomic E-state index is 0.123. The molecule has 2 aromatic rings. The Balaban J connectivity index is 1.65. The molecule has 26 heavy (non-hydrogen) atoms. The normalized spacial score (nSPS) is 15.7. The van der Waals surface area contributed by atoms with Crippen LogP contribution in [0.25, 0.3) is 0 Å². The van der Waals surface area contributed by atoms with Crippen LogP contribution >= 0.6 is 0 Å². The Morgan fingerprint density at radius 1 is 1.23 bits per heavy atom. The second kappa shape index (κ2) is 8.73. The minimum atomic E-state index is -0.309.